The first kappa shape index (κ1) is 19.9. The summed E-state index contributed by atoms with van der Waals surface area (Å²) in [7, 11) is 0. The van der Waals surface area contributed by atoms with Gasteiger partial charge in [-0.1, -0.05) is 0 Å². The minimum absolute atomic E-state index is 0.142. The van der Waals surface area contributed by atoms with Gasteiger partial charge in [-0.3, -0.25) is 14.9 Å². The Hall–Kier alpha value is -5.06. The molecule has 0 saturated heterocycles. The average Bonchev–Trinajstić information content (AvgIpc) is 3.48. The van der Waals surface area contributed by atoms with Gasteiger partial charge in [-0.05, 0) is 54.6 Å². The minimum Gasteiger partial charge on any atom is -0.426 e. The fraction of sp³-hybridized carbons (Fsp3) is 0. The smallest absolute Gasteiger partial charge is 0.271 e. The van der Waals surface area contributed by atoms with E-state index in [0.29, 0.717) is 22.3 Å². The SMILES string of the molecule is O=C(Nc1ccc(-c2nc3ccc([N+](=O)[O-])cc3n2O)cc1)c1ccc(-n2cncn2)cc1. The minimum atomic E-state index is -0.536. The summed E-state index contributed by atoms with van der Waals surface area (Å²) in [6.07, 6.45) is 3.00. The highest BCUT2D eigenvalue weighted by molar-refractivity contribution is 6.04. The molecule has 0 aliphatic rings. The van der Waals surface area contributed by atoms with E-state index in [9.17, 15) is 20.1 Å². The maximum Gasteiger partial charge on any atom is 0.271 e. The first-order chi connectivity index (χ1) is 16.0. The van der Waals surface area contributed by atoms with Crippen molar-refractivity contribution in [3.63, 3.8) is 0 Å². The molecule has 0 fully saturated rings. The van der Waals surface area contributed by atoms with E-state index in [4.69, 9.17) is 0 Å². The molecular weight excluding hydrogens is 426 g/mol. The highest BCUT2D eigenvalue weighted by Crippen LogP contribution is 2.27. The first-order valence-electron chi connectivity index (χ1n) is 9.72. The number of amides is 1. The molecular formula is C22H15N7O4. The summed E-state index contributed by atoms with van der Waals surface area (Å²) in [5, 5.41) is 28.3. The Kier molecular flexibility index (Phi) is 4.75. The molecule has 2 aromatic heterocycles. The van der Waals surface area contributed by atoms with Gasteiger partial charge >= 0.3 is 0 Å². The summed E-state index contributed by atoms with van der Waals surface area (Å²) in [6, 6.07) is 17.7. The molecule has 0 aliphatic carbocycles. The van der Waals surface area contributed by atoms with E-state index >= 15 is 0 Å². The second-order valence-electron chi connectivity index (χ2n) is 7.10. The van der Waals surface area contributed by atoms with Crippen LogP contribution in [0.2, 0.25) is 0 Å². The van der Waals surface area contributed by atoms with Crippen LogP contribution in [0.1, 0.15) is 10.4 Å². The Labute approximate surface area is 185 Å². The summed E-state index contributed by atoms with van der Waals surface area (Å²) >= 11 is 0. The Morgan fingerprint density at radius 2 is 1.79 bits per heavy atom. The molecule has 0 saturated carbocycles. The average molecular weight is 441 g/mol. The zero-order valence-corrected chi connectivity index (χ0v) is 16.9. The first-order valence-corrected chi connectivity index (χ1v) is 9.72. The molecule has 0 unspecified atom stereocenters. The Bertz CT molecular complexity index is 1470. The Balaban J connectivity index is 1.34. The molecule has 2 heterocycles. The van der Waals surface area contributed by atoms with Crippen LogP contribution in [0.3, 0.4) is 0 Å². The lowest BCUT2D eigenvalue weighted by atomic mass is 10.1. The highest BCUT2D eigenvalue weighted by atomic mass is 16.6. The summed E-state index contributed by atoms with van der Waals surface area (Å²) in [4.78, 5) is 31.3. The van der Waals surface area contributed by atoms with Crippen molar-refractivity contribution in [3.8, 4) is 17.1 Å². The van der Waals surface area contributed by atoms with Gasteiger partial charge in [-0.25, -0.2) is 14.6 Å². The summed E-state index contributed by atoms with van der Waals surface area (Å²) in [5.74, 6) is -0.0540. The standard InChI is InChI=1S/C22H15N7O4/c30-22(15-3-7-17(8-4-15)27-13-23-12-24-27)25-16-5-1-14(2-6-16)21-26-19-10-9-18(29(32)33)11-20(19)28(21)31/h1-13,31H,(H,25,30). The van der Waals surface area contributed by atoms with Crippen LogP contribution in [0.15, 0.2) is 79.4 Å². The molecule has 11 heteroatoms. The van der Waals surface area contributed by atoms with E-state index in [1.807, 2.05) is 0 Å². The van der Waals surface area contributed by atoms with Crippen LogP contribution >= 0.6 is 0 Å². The van der Waals surface area contributed by atoms with E-state index in [-0.39, 0.29) is 22.9 Å². The lowest BCUT2D eigenvalue weighted by Gasteiger charge is -2.07. The molecule has 11 nitrogen and oxygen atoms in total. The summed E-state index contributed by atoms with van der Waals surface area (Å²) < 4.78 is 2.40. The molecule has 2 N–H and O–H groups in total. The third kappa shape index (κ3) is 3.74. The third-order valence-electron chi connectivity index (χ3n) is 5.04. The van der Waals surface area contributed by atoms with Crippen molar-refractivity contribution in [1.82, 2.24) is 24.5 Å². The number of nitrogens with zero attached hydrogens (tertiary/aromatic N) is 6. The number of non-ortho nitro benzene ring substituents is 1. The predicted octanol–water partition coefficient (Wildman–Crippen LogP) is 3.68. The summed E-state index contributed by atoms with van der Waals surface area (Å²) in [6.45, 7) is 0. The molecule has 0 atom stereocenters. The largest absolute Gasteiger partial charge is 0.426 e. The van der Waals surface area contributed by atoms with Crippen LogP contribution in [0.4, 0.5) is 11.4 Å². The maximum absolute atomic E-state index is 12.6. The van der Waals surface area contributed by atoms with E-state index < -0.39 is 4.92 Å². The molecule has 5 rings (SSSR count). The van der Waals surface area contributed by atoms with Gasteiger partial charge in [0, 0.05) is 28.9 Å². The second-order valence-corrected chi connectivity index (χ2v) is 7.10. The number of nitro benzene ring substituents is 1. The van der Waals surface area contributed by atoms with Gasteiger partial charge in [0.2, 0.25) is 0 Å². The van der Waals surface area contributed by atoms with E-state index in [1.54, 1.807) is 59.5 Å². The van der Waals surface area contributed by atoms with Crippen LogP contribution in [0.5, 0.6) is 0 Å². The van der Waals surface area contributed by atoms with Crippen molar-refractivity contribution >= 4 is 28.3 Å². The number of carbonyl (C=O) groups excluding carboxylic acids is 1. The quantitative estimate of drug-likeness (QED) is 0.241. The van der Waals surface area contributed by atoms with E-state index in [0.717, 1.165) is 10.4 Å². The molecule has 5 aromatic rings. The predicted molar refractivity (Wildman–Crippen MR) is 118 cm³/mol. The van der Waals surface area contributed by atoms with Crippen LogP contribution in [-0.2, 0) is 0 Å². The highest BCUT2D eigenvalue weighted by Gasteiger charge is 2.16. The number of carbonyl (C=O) groups is 1. The zero-order valence-electron chi connectivity index (χ0n) is 16.9. The lowest BCUT2D eigenvalue weighted by molar-refractivity contribution is -0.384. The Morgan fingerprint density at radius 3 is 2.45 bits per heavy atom. The van der Waals surface area contributed by atoms with Crippen LogP contribution in [-0.4, -0.2) is 40.5 Å². The fourth-order valence-electron chi connectivity index (χ4n) is 3.36. The molecule has 0 radical (unpaired) electrons. The molecule has 0 spiro atoms. The van der Waals surface area contributed by atoms with Gasteiger partial charge in [0.1, 0.15) is 18.2 Å². The molecule has 162 valence electrons. The lowest BCUT2D eigenvalue weighted by Crippen LogP contribution is -2.12. The number of anilines is 1. The van der Waals surface area contributed by atoms with Crippen molar-refractivity contribution in [3.05, 3.63) is 95.1 Å². The Morgan fingerprint density at radius 1 is 1.03 bits per heavy atom. The zero-order chi connectivity index (χ0) is 22.9. The number of imidazole rings is 1. The van der Waals surface area contributed by atoms with E-state index in [1.165, 1.54) is 24.5 Å². The topological polar surface area (TPSA) is 141 Å². The molecule has 0 bridgehead atoms. The fourth-order valence-corrected chi connectivity index (χ4v) is 3.36. The molecule has 3 aromatic carbocycles. The number of nitro groups is 1. The number of rotatable bonds is 5. The van der Waals surface area contributed by atoms with Crippen molar-refractivity contribution in [1.29, 1.82) is 0 Å². The molecule has 0 aliphatic heterocycles. The number of nitrogens with one attached hydrogen (secondary N) is 1. The monoisotopic (exact) mass is 441 g/mol. The van der Waals surface area contributed by atoms with Crippen molar-refractivity contribution in [2.75, 3.05) is 5.32 Å². The van der Waals surface area contributed by atoms with Crippen LogP contribution in [0.25, 0.3) is 28.1 Å². The van der Waals surface area contributed by atoms with Gasteiger partial charge in [0.05, 0.1) is 16.1 Å². The van der Waals surface area contributed by atoms with Crippen LogP contribution < -0.4 is 5.32 Å². The van der Waals surface area contributed by atoms with Gasteiger partial charge in [-0.2, -0.15) is 9.83 Å². The third-order valence-corrected chi connectivity index (χ3v) is 5.04. The van der Waals surface area contributed by atoms with Gasteiger partial charge in [-0.15, -0.1) is 0 Å². The second kappa shape index (κ2) is 7.89. The van der Waals surface area contributed by atoms with Crippen LogP contribution in [0, 0.1) is 10.1 Å². The van der Waals surface area contributed by atoms with Crippen molar-refractivity contribution in [2.24, 2.45) is 0 Å². The number of benzene rings is 3. The number of hydrogen-bond acceptors (Lipinski definition) is 7. The number of hydrogen-bond donors (Lipinski definition) is 2. The maximum atomic E-state index is 12.6. The van der Waals surface area contributed by atoms with Crippen molar-refractivity contribution < 1.29 is 14.9 Å². The van der Waals surface area contributed by atoms with Gasteiger partial charge in [0.25, 0.3) is 11.6 Å². The van der Waals surface area contributed by atoms with Gasteiger partial charge in [0.15, 0.2) is 5.82 Å². The number of fused-ring (bicyclic) bond motifs is 1. The van der Waals surface area contributed by atoms with Crippen molar-refractivity contribution in [2.45, 2.75) is 0 Å². The van der Waals surface area contributed by atoms with E-state index in [2.05, 4.69) is 20.4 Å². The molecule has 1 amide bonds. The summed E-state index contributed by atoms with van der Waals surface area (Å²) in [5.41, 5.74) is 2.89. The number of aromatic nitrogens is 5. The van der Waals surface area contributed by atoms with Gasteiger partial charge < -0.3 is 10.5 Å². The molecule has 33 heavy (non-hydrogen) atoms. The normalized spacial score (nSPS) is 10.9.